The van der Waals surface area contributed by atoms with Crippen LogP contribution in [0.5, 0.6) is 11.5 Å². The predicted octanol–water partition coefficient (Wildman–Crippen LogP) is 0.653. The summed E-state index contributed by atoms with van der Waals surface area (Å²) in [4.78, 5) is 13.3. The minimum Gasteiger partial charge on any atom is -0.504 e. The van der Waals surface area contributed by atoms with E-state index in [9.17, 15) is 20.1 Å². The van der Waals surface area contributed by atoms with E-state index in [2.05, 4.69) is 0 Å². The van der Waals surface area contributed by atoms with Gasteiger partial charge in [0.25, 0.3) is 0 Å². The maximum atomic E-state index is 11.2. The number of carboxylic acids is 1. The Kier molecular flexibility index (Phi) is 2.69. The molecule has 0 unspecified atom stereocenters. The Morgan fingerprint density at radius 1 is 1.38 bits per heavy atom. The van der Waals surface area contributed by atoms with Crippen molar-refractivity contribution in [2.75, 3.05) is 13.1 Å². The van der Waals surface area contributed by atoms with Crippen LogP contribution in [0.25, 0.3) is 0 Å². The molecule has 5 rings (SSSR count). The quantitative estimate of drug-likeness (QED) is 0.691. The summed E-state index contributed by atoms with van der Waals surface area (Å²) in [6, 6.07) is 3.63. The number of aliphatic hydroxyl groups is 1. The molecule has 0 radical (unpaired) electrons. The Bertz CT molecular complexity index is 775. The number of hydrogen-bond donors (Lipinski definition) is 3. The van der Waals surface area contributed by atoms with E-state index in [1.807, 2.05) is 17.0 Å². The van der Waals surface area contributed by atoms with Gasteiger partial charge in [-0.2, -0.15) is 0 Å². The van der Waals surface area contributed by atoms with Crippen molar-refractivity contribution >= 4 is 5.97 Å². The molecule has 1 aromatic carbocycles. The highest BCUT2D eigenvalue weighted by Gasteiger charge is 2.64. The minimum atomic E-state index is -0.817. The second kappa shape index (κ2) is 4.52. The summed E-state index contributed by atoms with van der Waals surface area (Å²) >= 11 is 0. The van der Waals surface area contributed by atoms with E-state index in [-0.39, 0.29) is 29.7 Å². The van der Waals surface area contributed by atoms with Gasteiger partial charge >= 0.3 is 5.97 Å². The lowest BCUT2D eigenvalue weighted by molar-refractivity contribution is -0.141. The number of hydrogen-bond acceptors (Lipinski definition) is 5. The maximum Gasteiger partial charge on any atom is 0.317 e. The Hall–Kier alpha value is -2.05. The van der Waals surface area contributed by atoms with Crippen molar-refractivity contribution in [1.82, 2.24) is 4.90 Å². The number of likely N-dealkylation sites (tertiary alicyclic amines) is 1. The SMILES string of the molecule is O=C(O)CN1CC[C@]23c4c5ccc(O)c4O[C@H]2[C@@H](O)C=C[C@H]3[C@H]1C5. The summed E-state index contributed by atoms with van der Waals surface area (Å²) in [5.41, 5.74) is 1.77. The van der Waals surface area contributed by atoms with Crippen molar-refractivity contribution in [2.24, 2.45) is 5.92 Å². The number of piperidine rings is 1. The molecule has 1 spiro atoms. The Morgan fingerprint density at radius 2 is 2.21 bits per heavy atom. The van der Waals surface area contributed by atoms with Crippen molar-refractivity contribution in [2.45, 2.75) is 36.5 Å². The molecule has 5 atom stereocenters. The average Bonchev–Trinajstić information content (AvgIpc) is 2.89. The zero-order valence-electron chi connectivity index (χ0n) is 13.1. The maximum absolute atomic E-state index is 11.2. The summed E-state index contributed by atoms with van der Waals surface area (Å²) in [6.07, 6.45) is 4.12. The van der Waals surface area contributed by atoms with Crippen LogP contribution in [-0.2, 0) is 16.6 Å². The van der Waals surface area contributed by atoms with E-state index in [1.54, 1.807) is 12.1 Å². The third-order valence-corrected chi connectivity index (χ3v) is 6.33. The van der Waals surface area contributed by atoms with Crippen LogP contribution in [0.4, 0.5) is 0 Å². The zero-order valence-corrected chi connectivity index (χ0v) is 13.1. The molecule has 0 amide bonds. The van der Waals surface area contributed by atoms with E-state index in [0.29, 0.717) is 12.3 Å². The first-order valence-corrected chi connectivity index (χ1v) is 8.36. The first-order chi connectivity index (χ1) is 11.5. The van der Waals surface area contributed by atoms with Gasteiger partial charge in [-0.15, -0.1) is 0 Å². The summed E-state index contributed by atoms with van der Waals surface area (Å²) in [5.74, 6) is -0.0954. The Morgan fingerprint density at radius 3 is 3.00 bits per heavy atom. The van der Waals surface area contributed by atoms with E-state index in [0.717, 1.165) is 24.0 Å². The van der Waals surface area contributed by atoms with Gasteiger partial charge in [-0.05, 0) is 24.5 Å². The summed E-state index contributed by atoms with van der Waals surface area (Å²) in [6.45, 7) is 0.682. The molecule has 0 saturated carbocycles. The van der Waals surface area contributed by atoms with Gasteiger partial charge in [-0.3, -0.25) is 9.69 Å². The molecule has 1 saturated heterocycles. The monoisotopic (exact) mass is 329 g/mol. The molecule has 24 heavy (non-hydrogen) atoms. The molecular weight excluding hydrogens is 310 g/mol. The number of ether oxygens (including phenoxy) is 1. The van der Waals surface area contributed by atoms with Gasteiger partial charge < -0.3 is 20.1 Å². The van der Waals surface area contributed by atoms with Gasteiger partial charge in [-0.1, -0.05) is 18.2 Å². The van der Waals surface area contributed by atoms with Crippen molar-refractivity contribution < 1.29 is 24.9 Å². The minimum absolute atomic E-state index is 0.0272. The highest BCUT2D eigenvalue weighted by Crippen LogP contribution is 2.62. The molecule has 2 bridgehead atoms. The van der Waals surface area contributed by atoms with Crippen molar-refractivity contribution in [3.8, 4) is 11.5 Å². The smallest absolute Gasteiger partial charge is 0.317 e. The third kappa shape index (κ3) is 1.55. The molecule has 126 valence electrons. The van der Waals surface area contributed by atoms with Crippen LogP contribution in [0.1, 0.15) is 17.5 Å². The fourth-order valence-corrected chi connectivity index (χ4v) is 5.50. The molecule has 6 nitrogen and oxygen atoms in total. The highest BCUT2D eigenvalue weighted by molar-refractivity contribution is 5.69. The van der Waals surface area contributed by atoms with Gasteiger partial charge in [0.05, 0.1) is 6.54 Å². The van der Waals surface area contributed by atoms with E-state index in [4.69, 9.17) is 4.74 Å². The largest absolute Gasteiger partial charge is 0.504 e. The van der Waals surface area contributed by atoms with Crippen LogP contribution in [0.2, 0.25) is 0 Å². The summed E-state index contributed by atoms with van der Waals surface area (Å²) < 4.78 is 6.05. The fraction of sp³-hybridized carbons (Fsp3) is 0.500. The van der Waals surface area contributed by atoms with Gasteiger partial charge in [0.15, 0.2) is 11.5 Å². The number of benzene rings is 1. The number of aliphatic hydroxyl groups excluding tert-OH is 1. The summed E-state index contributed by atoms with van der Waals surface area (Å²) in [7, 11) is 0. The molecule has 1 fully saturated rings. The van der Waals surface area contributed by atoms with E-state index >= 15 is 0 Å². The number of rotatable bonds is 2. The lowest BCUT2D eigenvalue weighted by atomic mass is 9.53. The number of carboxylic acid groups (broad SMARTS) is 1. The fourth-order valence-electron chi connectivity index (χ4n) is 5.50. The Labute approximate surface area is 139 Å². The normalized spacial score (nSPS) is 38.5. The van der Waals surface area contributed by atoms with Crippen molar-refractivity contribution in [3.63, 3.8) is 0 Å². The molecule has 2 heterocycles. The van der Waals surface area contributed by atoms with E-state index in [1.165, 1.54) is 0 Å². The second-order valence-electron chi connectivity index (χ2n) is 7.31. The number of phenols is 1. The van der Waals surface area contributed by atoms with E-state index < -0.39 is 18.2 Å². The average molecular weight is 329 g/mol. The number of nitrogens with zero attached hydrogens (tertiary/aromatic N) is 1. The lowest BCUT2D eigenvalue weighted by Gasteiger charge is -2.56. The van der Waals surface area contributed by atoms with Gasteiger partial charge in [0.1, 0.15) is 12.2 Å². The number of carbonyl (C=O) groups is 1. The molecule has 2 aliphatic heterocycles. The van der Waals surface area contributed by atoms with Crippen LogP contribution in [0, 0.1) is 5.92 Å². The molecular formula is C18H19NO5. The first kappa shape index (κ1) is 14.3. The van der Waals surface area contributed by atoms with Gasteiger partial charge in [-0.25, -0.2) is 0 Å². The molecule has 2 aliphatic carbocycles. The van der Waals surface area contributed by atoms with Gasteiger partial charge in [0, 0.05) is 29.5 Å². The van der Waals surface area contributed by atoms with Crippen LogP contribution in [0.3, 0.4) is 0 Å². The standard InChI is InChI=1S/C18H19NO5/c20-12-3-1-9-7-11-10-2-4-13(21)17-18(10,15(9)16(12)24-17)5-6-19(11)8-14(22)23/h1-4,10-11,13,17,20-21H,5-8H2,(H,22,23)/t10-,11+,13-,17-,18-/m0/s1. The summed E-state index contributed by atoms with van der Waals surface area (Å²) in [5, 5.41) is 30.0. The van der Waals surface area contributed by atoms with Crippen LogP contribution >= 0.6 is 0 Å². The van der Waals surface area contributed by atoms with Crippen molar-refractivity contribution in [1.29, 1.82) is 0 Å². The molecule has 6 heteroatoms. The van der Waals surface area contributed by atoms with Crippen LogP contribution in [-0.4, -0.2) is 57.5 Å². The number of phenolic OH excluding ortho intramolecular Hbond substituents is 1. The topological polar surface area (TPSA) is 90.2 Å². The van der Waals surface area contributed by atoms with Crippen LogP contribution < -0.4 is 4.74 Å². The lowest BCUT2D eigenvalue weighted by Crippen LogP contribution is -2.65. The zero-order chi connectivity index (χ0) is 16.6. The Balaban J connectivity index is 1.72. The van der Waals surface area contributed by atoms with Crippen LogP contribution in [0.15, 0.2) is 24.3 Å². The molecule has 0 aromatic heterocycles. The number of aliphatic carboxylic acids is 1. The van der Waals surface area contributed by atoms with Crippen molar-refractivity contribution in [3.05, 3.63) is 35.4 Å². The molecule has 4 aliphatic rings. The first-order valence-electron chi connectivity index (χ1n) is 8.36. The second-order valence-corrected chi connectivity index (χ2v) is 7.31. The predicted molar refractivity (Wildman–Crippen MR) is 84.2 cm³/mol. The highest BCUT2D eigenvalue weighted by atomic mass is 16.5. The molecule has 3 N–H and O–H groups in total. The van der Waals surface area contributed by atoms with Gasteiger partial charge in [0.2, 0.25) is 0 Å². The number of aromatic hydroxyl groups is 1. The molecule has 1 aromatic rings. The third-order valence-electron chi connectivity index (χ3n) is 6.33.